The highest BCUT2D eigenvalue weighted by atomic mass is 35.5. The lowest BCUT2D eigenvalue weighted by molar-refractivity contribution is 0.0509. The quantitative estimate of drug-likeness (QED) is 0.435. The first-order valence-electron chi connectivity index (χ1n) is 11.4. The molecular weight excluding hydrogens is 456 g/mol. The molecule has 0 radical (unpaired) electrons. The Morgan fingerprint density at radius 1 is 1.15 bits per heavy atom. The lowest BCUT2D eigenvalue weighted by atomic mass is 10.1. The number of piperidine rings is 1. The molecule has 1 aliphatic rings. The maximum absolute atomic E-state index is 12.5. The van der Waals surface area contributed by atoms with Crippen molar-refractivity contribution in [3.05, 3.63) is 64.3 Å². The Morgan fingerprint density at radius 3 is 2.56 bits per heavy atom. The minimum absolute atomic E-state index is 0.0722. The number of hydrogen-bond acceptors (Lipinski definition) is 7. The second-order valence-corrected chi connectivity index (χ2v) is 8.64. The number of carbonyl (C=O) groups excluding carboxylic acids is 1. The van der Waals surface area contributed by atoms with E-state index in [2.05, 4.69) is 22.1 Å². The zero-order chi connectivity index (χ0) is 24.1. The number of nitrogens with zero attached hydrogens (tertiary/aromatic N) is 4. The van der Waals surface area contributed by atoms with Crippen molar-refractivity contribution in [1.29, 1.82) is 0 Å². The van der Waals surface area contributed by atoms with Gasteiger partial charge in [0.2, 0.25) is 11.6 Å². The highest BCUT2D eigenvalue weighted by Crippen LogP contribution is 2.29. The van der Waals surface area contributed by atoms with Crippen molar-refractivity contribution in [2.45, 2.75) is 39.3 Å². The average molecular weight is 485 g/mol. The van der Waals surface area contributed by atoms with Gasteiger partial charge in [-0.25, -0.2) is 9.48 Å². The van der Waals surface area contributed by atoms with Crippen LogP contribution in [0.25, 0.3) is 0 Å². The minimum Gasteiger partial charge on any atom is -0.497 e. The zero-order valence-electron chi connectivity index (χ0n) is 19.7. The van der Waals surface area contributed by atoms with Crippen molar-refractivity contribution in [1.82, 2.24) is 15.0 Å². The van der Waals surface area contributed by atoms with E-state index >= 15 is 0 Å². The molecule has 0 spiro atoms. The summed E-state index contributed by atoms with van der Waals surface area (Å²) in [6, 6.07) is 13.6. The fourth-order valence-corrected chi connectivity index (χ4v) is 4.22. The summed E-state index contributed by atoms with van der Waals surface area (Å²) < 4.78 is 18.4. The van der Waals surface area contributed by atoms with Crippen LogP contribution in [0.3, 0.4) is 0 Å². The van der Waals surface area contributed by atoms with Crippen LogP contribution in [0, 0.1) is 6.92 Å². The predicted octanol–water partition coefficient (Wildman–Crippen LogP) is 4.52. The van der Waals surface area contributed by atoms with Crippen molar-refractivity contribution in [2.75, 3.05) is 31.7 Å². The van der Waals surface area contributed by atoms with Crippen molar-refractivity contribution >= 4 is 23.3 Å². The van der Waals surface area contributed by atoms with Crippen LogP contribution in [-0.2, 0) is 11.3 Å². The summed E-state index contributed by atoms with van der Waals surface area (Å²) in [5.74, 6) is 0.574. The normalized spacial score (nSPS) is 14.2. The van der Waals surface area contributed by atoms with Crippen LogP contribution in [0.1, 0.15) is 41.4 Å². The Labute approximate surface area is 204 Å². The Bertz CT molecular complexity index is 1120. The van der Waals surface area contributed by atoms with Crippen molar-refractivity contribution in [2.24, 2.45) is 0 Å². The molecule has 1 fully saturated rings. The number of hydrogen-bond donors (Lipinski definition) is 0. The molecule has 1 saturated heterocycles. The minimum atomic E-state index is -0.537. The van der Waals surface area contributed by atoms with Crippen LogP contribution in [0.4, 0.5) is 5.69 Å². The number of methoxy groups -OCH3 is 1. The molecule has 180 valence electrons. The lowest BCUT2D eigenvalue weighted by Gasteiger charge is -2.34. The third-order valence-electron chi connectivity index (χ3n) is 5.88. The van der Waals surface area contributed by atoms with Gasteiger partial charge in [0.25, 0.3) is 0 Å². The molecule has 9 heteroatoms. The van der Waals surface area contributed by atoms with Crippen molar-refractivity contribution in [3.63, 3.8) is 0 Å². The van der Waals surface area contributed by atoms with Gasteiger partial charge in [-0.05, 0) is 49.2 Å². The molecule has 34 heavy (non-hydrogen) atoms. The van der Waals surface area contributed by atoms with E-state index < -0.39 is 5.97 Å². The molecule has 0 unspecified atom stereocenters. The van der Waals surface area contributed by atoms with Gasteiger partial charge in [-0.15, -0.1) is 5.10 Å². The first-order chi connectivity index (χ1) is 16.5. The number of esters is 1. The third kappa shape index (κ3) is 5.44. The molecular formula is C25H29ClN4O4. The molecule has 2 aromatic carbocycles. The van der Waals surface area contributed by atoms with Gasteiger partial charge >= 0.3 is 5.97 Å². The highest BCUT2D eigenvalue weighted by Gasteiger charge is 2.28. The maximum atomic E-state index is 12.5. The van der Waals surface area contributed by atoms with Crippen LogP contribution in [0.15, 0.2) is 42.5 Å². The summed E-state index contributed by atoms with van der Waals surface area (Å²) in [6.45, 7) is 6.14. The van der Waals surface area contributed by atoms with Crippen LogP contribution < -0.4 is 14.4 Å². The standard InChI is InChI=1S/C25H29ClN4O4/c1-4-33-25(31)23-24(30(28-27-23)16-18-6-9-20(32-3)10-7-18)34-21-11-13-29(14-12-21)22-15-19(26)8-5-17(22)2/h5-10,15,21H,4,11-14,16H2,1-3H3. The van der Waals surface area contributed by atoms with Crippen molar-refractivity contribution in [3.8, 4) is 11.6 Å². The lowest BCUT2D eigenvalue weighted by Crippen LogP contribution is -2.39. The second kappa shape index (κ2) is 10.8. The van der Waals surface area contributed by atoms with Crippen LogP contribution in [0.2, 0.25) is 5.02 Å². The van der Waals surface area contributed by atoms with Crippen molar-refractivity contribution < 1.29 is 19.0 Å². The first kappa shape index (κ1) is 23.9. The highest BCUT2D eigenvalue weighted by molar-refractivity contribution is 6.30. The summed E-state index contributed by atoms with van der Waals surface area (Å²) in [7, 11) is 1.63. The van der Waals surface area contributed by atoms with Gasteiger partial charge in [0.1, 0.15) is 11.9 Å². The summed E-state index contributed by atoms with van der Waals surface area (Å²) in [4.78, 5) is 14.8. The van der Waals surface area contributed by atoms with Gasteiger partial charge in [-0.1, -0.05) is 35.0 Å². The largest absolute Gasteiger partial charge is 0.497 e. The molecule has 0 atom stereocenters. The Kier molecular flexibility index (Phi) is 7.57. The number of rotatable bonds is 8. The smallest absolute Gasteiger partial charge is 0.364 e. The van der Waals surface area contributed by atoms with Gasteiger partial charge in [-0.3, -0.25) is 0 Å². The van der Waals surface area contributed by atoms with Crippen LogP contribution in [-0.4, -0.2) is 53.9 Å². The third-order valence-corrected chi connectivity index (χ3v) is 6.12. The van der Waals surface area contributed by atoms with Gasteiger partial charge in [-0.2, -0.15) is 0 Å². The van der Waals surface area contributed by atoms with E-state index in [0.29, 0.717) is 12.4 Å². The number of carbonyl (C=O) groups is 1. The van der Waals surface area contributed by atoms with E-state index in [9.17, 15) is 4.79 Å². The van der Waals surface area contributed by atoms with Crippen LogP contribution in [0.5, 0.6) is 11.6 Å². The number of ether oxygens (including phenoxy) is 3. The summed E-state index contributed by atoms with van der Waals surface area (Å²) >= 11 is 6.21. The van der Waals surface area contributed by atoms with E-state index in [4.69, 9.17) is 25.8 Å². The Hall–Kier alpha value is -3.26. The molecule has 0 bridgehead atoms. The molecule has 3 aromatic rings. The first-order valence-corrected chi connectivity index (χ1v) is 11.8. The number of benzene rings is 2. The number of anilines is 1. The molecule has 0 aliphatic carbocycles. The van der Waals surface area contributed by atoms with Gasteiger partial charge < -0.3 is 19.1 Å². The summed E-state index contributed by atoms with van der Waals surface area (Å²) in [6.07, 6.45) is 1.51. The average Bonchev–Trinajstić information content (AvgIpc) is 3.24. The molecule has 0 saturated carbocycles. The number of halogens is 1. The number of aryl methyl sites for hydroxylation is 1. The van der Waals surface area contributed by atoms with E-state index in [0.717, 1.165) is 48.0 Å². The molecule has 0 amide bonds. The topological polar surface area (TPSA) is 78.7 Å². The van der Waals surface area contributed by atoms with Crippen LogP contribution >= 0.6 is 11.6 Å². The fourth-order valence-electron chi connectivity index (χ4n) is 4.05. The van der Waals surface area contributed by atoms with Gasteiger partial charge in [0, 0.05) is 36.6 Å². The SMILES string of the molecule is CCOC(=O)c1nnn(Cc2ccc(OC)cc2)c1OC1CCN(c2cc(Cl)ccc2C)CC1. The van der Waals surface area contributed by atoms with E-state index in [1.807, 2.05) is 42.5 Å². The molecule has 1 aromatic heterocycles. The zero-order valence-corrected chi connectivity index (χ0v) is 20.4. The molecule has 2 heterocycles. The molecule has 8 nitrogen and oxygen atoms in total. The fraction of sp³-hybridized carbons (Fsp3) is 0.400. The Balaban J connectivity index is 1.50. The van der Waals surface area contributed by atoms with E-state index in [1.54, 1.807) is 18.7 Å². The second-order valence-electron chi connectivity index (χ2n) is 8.20. The van der Waals surface area contributed by atoms with E-state index in [1.165, 1.54) is 5.56 Å². The summed E-state index contributed by atoms with van der Waals surface area (Å²) in [5, 5.41) is 9.00. The van der Waals surface area contributed by atoms with Gasteiger partial charge in [0.15, 0.2) is 0 Å². The molecule has 1 aliphatic heterocycles. The van der Waals surface area contributed by atoms with Gasteiger partial charge in [0.05, 0.1) is 20.3 Å². The summed E-state index contributed by atoms with van der Waals surface area (Å²) in [5.41, 5.74) is 3.42. The number of aromatic nitrogens is 3. The molecule has 4 rings (SSSR count). The monoisotopic (exact) mass is 484 g/mol. The predicted molar refractivity (Wildman–Crippen MR) is 130 cm³/mol. The maximum Gasteiger partial charge on any atom is 0.364 e. The molecule has 0 N–H and O–H groups in total. The Morgan fingerprint density at radius 2 is 1.88 bits per heavy atom. The van der Waals surface area contributed by atoms with E-state index in [-0.39, 0.29) is 18.4 Å².